The van der Waals surface area contributed by atoms with Crippen molar-refractivity contribution in [2.24, 2.45) is 0 Å². The number of sulfonamides is 1. The Morgan fingerprint density at radius 2 is 1.73 bits per heavy atom. The van der Waals surface area contributed by atoms with Crippen LogP contribution in [0.15, 0.2) is 53.4 Å². The summed E-state index contributed by atoms with van der Waals surface area (Å²) in [5, 5.41) is 2.51. The van der Waals surface area contributed by atoms with Crippen molar-refractivity contribution in [3.8, 4) is 0 Å². The third-order valence-electron chi connectivity index (χ3n) is 3.47. The molecule has 0 aliphatic rings. The van der Waals surface area contributed by atoms with Crippen LogP contribution in [-0.4, -0.2) is 20.9 Å². The molecule has 26 heavy (non-hydrogen) atoms. The number of alkyl halides is 3. The fourth-order valence-electron chi connectivity index (χ4n) is 2.20. The van der Waals surface area contributed by atoms with Crippen molar-refractivity contribution in [3.63, 3.8) is 0 Å². The summed E-state index contributed by atoms with van der Waals surface area (Å²) in [5.74, 6) is -0.519. The summed E-state index contributed by atoms with van der Waals surface area (Å²) >= 11 is 0. The van der Waals surface area contributed by atoms with Crippen LogP contribution >= 0.6 is 0 Å². The van der Waals surface area contributed by atoms with E-state index in [1.165, 1.54) is 36.4 Å². The van der Waals surface area contributed by atoms with Crippen molar-refractivity contribution in [3.05, 3.63) is 65.2 Å². The predicted molar refractivity (Wildman–Crippen MR) is 89.9 cm³/mol. The van der Waals surface area contributed by atoms with Gasteiger partial charge in [0.15, 0.2) is 0 Å². The molecule has 140 valence electrons. The minimum absolute atomic E-state index is 0.0220. The van der Waals surface area contributed by atoms with E-state index < -0.39 is 27.7 Å². The third kappa shape index (κ3) is 5.06. The first kappa shape index (κ1) is 19.9. The van der Waals surface area contributed by atoms with E-state index in [2.05, 4.69) is 10.0 Å². The van der Waals surface area contributed by atoms with Crippen LogP contribution < -0.4 is 10.0 Å². The number of carbonyl (C=O) groups is 1. The summed E-state index contributed by atoms with van der Waals surface area (Å²) in [6, 6.07) is 9.92. The molecule has 2 rings (SSSR count). The molecule has 9 heteroatoms. The molecule has 0 fully saturated rings. The van der Waals surface area contributed by atoms with E-state index in [1.807, 2.05) is 0 Å². The van der Waals surface area contributed by atoms with Gasteiger partial charge < -0.3 is 5.32 Å². The summed E-state index contributed by atoms with van der Waals surface area (Å²) in [7, 11) is -3.62. The maximum Gasteiger partial charge on any atom is 0.416 e. The third-order valence-corrected chi connectivity index (χ3v) is 5.03. The van der Waals surface area contributed by atoms with E-state index in [0.717, 1.165) is 12.1 Å². The topological polar surface area (TPSA) is 75.3 Å². The van der Waals surface area contributed by atoms with Crippen molar-refractivity contribution in [1.29, 1.82) is 0 Å². The predicted octanol–water partition coefficient (Wildman–Crippen LogP) is 2.93. The Morgan fingerprint density at radius 1 is 1.08 bits per heavy atom. The summed E-state index contributed by atoms with van der Waals surface area (Å²) in [6.45, 7) is 1.80. The lowest BCUT2D eigenvalue weighted by atomic mass is 10.1. The molecule has 0 aliphatic heterocycles. The fraction of sp³-hybridized carbons (Fsp3) is 0.235. The molecule has 0 heterocycles. The van der Waals surface area contributed by atoms with Crippen LogP contribution in [0.3, 0.4) is 0 Å². The van der Waals surface area contributed by atoms with Crippen molar-refractivity contribution >= 4 is 15.9 Å². The minimum atomic E-state index is -4.45. The number of halogens is 3. The van der Waals surface area contributed by atoms with Gasteiger partial charge in [0.25, 0.3) is 5.91 Å². The average molecular weight is 386 g/mol. The lowest BCUT2D eigenvalue weighted by molar-refractivity contribution is -0.137. The van der Waals surface area contributed by atoms with Gasteiger partial charge in [0, 0.05) is 18.7 Å². The van der Waals surface area contributed by atoms with Crippen molar-refractivity contribution in [1.82, 2.24) is 10.0 Å². The smallest absolute Gasteiger partial charge is 0.348 e. The number of carbonyl (C=O) groups excluding carboxylic acids is 1. The van der Waals surface area contributed by atoms with Gasteiger partial charge in [0.2, 0.25) is 10.0 Å². The van der Waals surface area contributed by atoms with E-state index in [0.29, 0.717) is 5.56 Å². The Hall–Kier alpha value is -2.39. The molecular formula is C17H17F3N2O3S. The highest BCUT2D eigenvalue weighted by molar-refractivity contribution is 7.89. The largest absolute Gasteiger partial charge is 0.416 e. The van der Waals surface area contributed by atoms with Gasteiger partial charge in [-0.05, 0) is 42.0 Å². The SMILES string of the molecule is CCNS(=O)(=O)c1ccc(C(=O)NCc2cccc(C(F)(F)F)c2)cc1. The lowest BCUT2D eigenvalue weighted by Crippen LogP contribution is -2.24. The number of hydrogen-bond acceptors (Lipinski definition) is 3. The number of benzene rings is 2. The molecule has 0 spiro atoms. The van der Waals surface area contributed by atoms with Gasteiger partial charge in [0.05, 0.1) is 10.5 Å². The highest BCUT2D eigenvalue weighted by Gasteiger charge is 2.30. The Labute approximate surface area is 149 Å². The summed E-state index contributed by atoms with van der Waals surface area (Å²) in [6.07, 6.45) is -4.45. The van der Waals surface area contributed by atoms with E-state index in [4.69, 9.17) is 0 Å². The van der Waals surface area contributed by atoms with Crippen LogP contribution in [0.4, 0.5) is 13.2 Å². The highest BCUT2D eigenvalue weighted by atomic mass is 32.2. The van der Waals surface area contributed by atoms with Gasteiger partial charge in [-0.1, -0.05) is 19.1 Å². The number of nitrogens with one attached hydrogen (secondary N) is 2. The molecule has 0 atom stereocenters. The van der Waals surface area contributed by atoms with Gasteiger partial charge in [-0.3, -0.25) is 4.79 Å². The second-order valence-corrected chi connectivity index (χ2v) is 7.17. The van der Waals surface area contributed by atoms with Crippen molar-refractivity contribution in [2.45, 2.75) is 24.5 Å². The molecule has 5 nitrogen and oxygen atoms in total. The summed E-state index contributed by atoms with van der Waals surface area (Å²) in [5.41, 5.74) is -0.283. The zero-order chi connectivity index (χ0) is 19.4. The molecule has 0 aromatic heterocycles. The minimum Gasteiger partial charge on any atom is -0.348 e. The zero-order valence-corrected chi connectivity index (χ0v) is 14.6. The molecule has 0 radical (unpaired) electrons. The Bertz CT molecular complexity index is 879. The molecule has 0 saturated heterocycles. The first-order valence-corrected chi connectivity index (χ1v) is 9.16. The van der Waals surface area contributed by atoms with Crippen molar-refractivity contribution < 1.29 is 26.4 Å². The van der Waals surface area contributed by atoms with Gasteiger partial charge in [0.1, 0.15) is 0 Å². The molecule has 0 saturated carbocycles. The first-order chi connectivity index (χ1) is 12.1. The summed E-state index contributed by atoms with van der Waals surface area (Å²) < 4.78 is 64.0. The second kappa shape index (κ2) is 7.88. The van der Waals surface area contributed by atoms with Gasteiger partial charge in [-0.15, -0.1) is 0 Å². The average Bonchev–Trinajstić information content (AvgIpc) is 2.59. The molecule has 0 bridgehead atoms. The highest BCUT2D eigenvalue weighted by Crippen LogP contribution is 2.29. The molecule has 0 unspecified atom stereocenters. The van der Waals surface area contributed by atoms with E-state index in [9.17, 15) is 26.4 Å². The number of amides is 1. The van der Waals surface area contributed by atoms with E-state index in [1.54, 1.807) is 6.92 Å². The van der Waals surface area contributed by atoms with Crippen LogP contribution in [0, 0.1) is 0 Å². The Balaban J connectivity index is 2.05. The quantitative estimate of drug-likeness (QED) is 0.802. The van der Waals surface area contributed by atoms with Gasteiger partial charge >= 0.3 is 6.18 Å². The molecule has 2 aromatic carbocycles. The zero-order valence-electron chi connectivity index (χ0n) is 13.8. The van der Waals surface area contributed by atoms with Crippen LogP contribution in [-0.2, 0) is 22.7 Å². The van der Waals surface area contributed by atoms with Gasteiger partial charge in [-0.2, -0.15) is 13.2 Å². The molecule has 1 amide bonds. The van der Waals surface area contributed by atoms with Crippen LogP contribution in [0.2, 0.25) is 0 Å². The molecular weight excluding hydrogens is 369 g/mol. The first-order valence-electron chi connectivity index (χ1n) is 7.67. The van der Waals surface area contributed by atoms with Crippen LogP contribution in [0.1, 0.15) is 28.4 Å². The van der Waals surface area contributed by atoms with Gasteiger partial charge in [-0.25, -0.2) is 13.1 Å². The van der Waals surface area contributed by atoms with Crippen LogP contribution in [0.25, 0.3) is 0 Å². The molecule has 2 N–H and O–H groups in total. The summed E-state index contributed by atoms with van der Waals surface area (Å²) in [4.78, 5) is 12.1. The monoisotopic (exact) mass is 386 g/mol. The van der Waals surface area contributed by atoms with Crippen LogP contribution in [0.5, 0.6) is 0 Å². The van der Waals surface area contributed by atoms with E-state index >= 15 is 0 Å². The second-order valence-electron chi connectivity index (χ2n) is 5.41. The Morgan fingerprint density at radius 3 is 2.31 bits per heavy atom. The Kier molecular flexibility index (Phi) is 6.04. The van der Waals surface area contributed by atoms with E-state index in [-0.39, 0.29) is 23.5 Å². The van der Waals surface area contributed by atoms with Crippen molar-refractivity contribution in [2.75, 3.05) is 6.54 Å². The standard InChI is InChI=1S/C17H17F3N2O3S/c1-2-22-26(24,25)15-8-6-13(7-9-15)16(23)21-11-12-4-3-5-14(10-12)17(18,19)20/h3-10,22H,2,11H2,1H3,(H,21,23). The fourth-order valence-corrected chi connectivity index (χ4v) is 3.24. The number of rotatable bonds is 6. The number of hydrogen-bond donors (Lipinski definition) is 2. The maximum absolute atomic E-state index is 12.7. The normalized spacial score (nSPS) is 12.0. The lowest BCUT2D eigenvalue weighted by Gasteiger charge is -2.10. The molecule has 0 aliphatic carbocycles. The molecule has 2 aromatic rings. The maximum atomic E-state index is 12.7.